The van der Waals surface area contributed by atoms with Crippen LogP contribution in [0.15, 0.2) is 0 Å². The zero-order valence-corrected chi connectivity index (χ0v) is 9.30. The molecule has 0 aromatic carbocycles. The fourth-order valence-electron chi connectivity index (χ4n) is 0.869. The van der Waals surface area contributed by atoms with Gasteiger partial charge in [0.15, 0.2) is 0 Å². The van der Waals surface area contributed by atoms with Crippen molar-refractivity contribution < 1.29 is 14.6 Å². The highest BCUT2D eigenvalue weighted by molar-refractivity contribution is 5.75. The van der Waals surface area contributed by atoms with E-state index in [0.717, 1.165) is 6.42 Å². The molecule has 0 fully saturated rings. The van der Waals surface area contributed by atoms with Crippen LogP contribution in [0.3, 0.4) is 0 Å². The lowest BCUT2D eigenvalue weighted by molar-refractivity contribution is -0.122. The van der Waals surface area contributed by atoms with Gasteiger partial charge in [-0.25, -0.2) is 0 Å². The van der Waals surface area contributed by atoms with Gasteiger partial charge in [0, 0.05) is 26.7 Å². The van der Waals surface area contributed by atoms with Gasteiger partial charge in [-0.05, 0) is 26.7 Å². The first-order valence-electron chi connectivity index (χ1n) is 4.94. The summed E-state index contributed by atoms with van der Waals surface area (Å²) in [6.07, 6.45) is 1.89. The molecule has 0 atom stereocenters. The maximum atomic E-state index is 11.2. The van der Waals surface area contributed by atoms with E-state index in [1.165, 1.54) is 0 Å². The molecule has 0 saturated heterocycles. The molecule has 0 bridgehead atoms. The average molecular weight is 203 g/mol. The van der Waals surface area contributed by atoms with Gasteiger partial charge < -0.3 is 15.2 Å². The number of hydrogen-bond donors (Lipinski definition) is 2. The lowest BCUT2D eigenvalue weighted by atomic mass is 10.1. The molecule has 0 heterocycles. The normalized spacial score (nSPS) is 11.4. The molecule has 0 radical (unpaired) electrons. The number of aliphatic hydroxyl groups excluding tert-OH is 1. The molecule has 0 aliphatic rings. The summed E-state index contributed by atoms with van der Waals surface area (Å²) in [6.45, 7) is 4.50. The number of carbonyl (C=O) groups is 1. The van der Waals surface area contributed by atoms with Crippen molar-refractivity contribution >= 4 is 5.91 Å². The summed E-state index contributed by atoms with van der Waals surface area (Å²) < 4.78 is 5.16. The summed E-state index contributed by atoms with van der Waals surface area (Å²) in [5.41, 5.74) is -0.313. The van der Waals surface area contributed by atoms with Crippen LogP contribution in [0.5, 0.6) is 0 Å². The number of nitrogens with one attached hydrogen (secondary N) is 1. The number of methoxy groups -OCH3 is 1. The lowest BCUT2D eigenvalue weighted by Crippen LogP contribution is -2.39. The Morgan fingerprint density at radius 3 is 2.57 bits per heavy atom. The van der Waals surface area contributed by atoms with Gasteiger partial charge in [0.25, 0.3) is 0 Å². The van der Waals surface area contributed by atoms with Crippen molar-refractivity contribution in [3.05, 3.63) is 0 Å². The van der Waals surface area contributed by atoms with Crippen LogP contribution in [-0.2, 0) is 9.53 Å². The molecule has 0 aromatic heterocycles. The second-order valence-corrected chi connectivity index (χ2v) is 3.92. The molecule has 0 unspecified atom stereocenters. The van der Waals surface area contributed by atoms with Crippen molar-refractivity contribution in [3.63, 3.8) is 0 Å². The summed E-state index contributed by atoms with van der Waals surface area (Å²) >= 11 is 0. The van der Waals surface area contributed by atoms with E-state index in [1.807, 2.05) is 13.8 Å². The van der Waals surface area contributed by atoms with Crippen LogP contribution in [0.2, 0.25) is 0 Å². The fraction of sp³-hybridized carbons (Fsp3) is 0.900. The van der Waals surface area contributed by atoms with E-state index in [0.29, 0.717) is 19.4 Å². The molecule has 84 valence electrons. The first kappa shape index (κ1) is 13.4. The van der Waals surface area contributed by atoms with Crippen LogP contribution in [0.1, 0.15) is 33.1 Å². The van der Waals surface area contributed by atoms with E-state index < -0.39 is 0 Å². The van der Waals surface area contributed by atoms with Gasteiger partial charge in [-0.15, -0.1) is 0 Å². The Kier molecular flexibility index (Phi) is 6.49. The molecular weight excluding hydrogens is 182 g/mol. The predicted molar refractivity (Wildman–Crippen MR) is 55.0 cm³/mol. The van der Waals surface area contributed by atoms with Crippen molar-refractivity contribution in [1.82, 2.24) is 5.32 Å². The molecule has 1 amide bonds. The van der Waals surface area contributed by atoms with Crippen LogP contribution in [-0.4, -0.2) is 36.9 Å². The lowest BCUT2D eigenvalue weighted by Gasteiger charge is -2.23. The van der Waals surface area contributed by atoms with E-state index in [-0.39, 0.29) is 18.1 Å². The van der Waals surface area contributed by atoms with Crippen LogP contribution in [0.4, 0.5) is 0 Å². The van der Waals surface area contributed by atoms with Crippen molar-refractivity contribution in [2.45, 2.75) is 38.7 Å². The minimum atomic E-state index is -0.313. The Bertz CT molecular complexity index is 169. The van der Waals surface area contributed by atoms with Crippen molar-refractivity contribution in [3.8, 4) is 0 Å². The van der Waals surface area contributed by atoms with Crippen LogP contribution < -0.4 is 5.32 Å². The van der Waals surface area contributed by atoms with E-state index in [4.69, 9.17) is 9.84 Å². The number of hydrogen-bond acceptors (Lipinski definition) is 3. The number of amides is 1. The zero-order valence-electron chi connectivity index (χ0n) is 9.30. The van der Waals surface area contributed by atoms with E-state index in [9.17, 15) is 4.79 Å². The Morgan fingerprint density at radius 1 is 1.43 bits per heavy atom. The second-order valence-electron chi connectivity index (χ2n) is 3.92. The number of aliphatic hydroxyl groups is 1. The average Bonchev–Trinajstić information content (AvgIpc) is 2.16. The third kappa shape index (κ3) is 6.86. The summed E-state index contributed by atoms with van der Waals surface area (Å²) in [6, 6.07) is 0. The Hall–Kier alpha value is -0.610. The highest BCUT2D eigenvalue weighted by atomic mass is 16.5. The molecule has 4 nitrogen and oxygen atoms in total. The summed E-state index contributed by atoms with van der Waals surface area (Å²) in [5, 5.41) is 11.3. The van der Waals surface area contributed by atoms with E-state index in [1.54, 1.807) is 7.11 Å². The van der Waals surface area contributed by atoms with Crippen LogP contribution in [0, 0.1) is 0 Å². The number of unbranched alkanes of at least 4 members (excludes halogenated alkanes) is 1. The first-order valence-corrected chi connectivity index (χ1v) is 4.94. The molecule has 0 aliphatic carbocycles. The Morgan fingerprint density at radius 2 is 2.07 bits per heavy atom. The Labute approximate surface area is 85.6 Å². The Balaban J connectivity index is 3.53. The molecule has 2 N–H and O–H groups in total. The highest BCUT2D eigenvalue weighted by Crippen LogP contribution is 2.05. The van der Waals surface area contributed by atoms with Gasteiger partial charge in [0.2, 0.25) is 5.91 Å². The van der Waals surface area contributed by atoms with Crippen LogP contribution in [0.25, 0.3) is 0 Å². The first-order chi connectivity index (χ1) is 6.52. The third-order valence-corrected chi connectivity index (χ3v) is 2.08. The number of rotatable bonds is 7. The smallest absolute Gasteiger partial charge is 0.220 e. The summed E-state index contributed by atoms with van der Waals surface area (Å²) in [7, 11) is 1.62. The number of carbonyl (C=O) groups excluding carboxylic acids is 1. The highest BCUT2D eigenvalue weighted by Gasteiger charge is 2.16. The number of ether oxygens (including phenoxy) is 1. The van der Waals surface area contributed by atoms with Crippen molar-refractivity contribution in [2.24, 2.45) is 0 Å². The van der Waals surface area contributed by atoms with Gasteiger partial charge >= 0.3 is 0 Å². The van der Waals surface area contributed by atoms with Gasteiger partial charge in [-0.2, -0.15) is 0 Å². The monoisotopic (exact) mass is 203 g/mol. The van der Waals surface area contributed by atoms with Crippen molar-refractivity contribution in [2.75, 3.05) is 20.3 Å². The quantitative estimate of drug-likeness (QED) is 0.598. The largest absolute Gasteiger partial charge is 0.396 e. The molecule has 0 saturated carbocycles. The third-order valence-electron chi connectivity index (χ3n) is 2.08. The molecule has 0 aliphatic heterocycles. The fourth-order valence-corrected chi connectivity index (χ4v) is 0.869. The zero-order chi connectivity index (χ0) is 11.0. The predicted octanol–water partition coefficient (Wildman–Crippen LogP) is 0.690. The standard InChI is InChI=1S/C10H21NO3/c1-10(2,14-3)8-11-9(13)6-4-5-7-12/h12H,4-8H2,1-3H3,(H,11,13). The second kappa shape index (κ2) is 6.79. The molecular formula is C10H21NO3. The maximum absolute atomic E-state index is 11.2. The minimum absolute atomic E-state index is 0.0172. The molecule has 0 rings (SSSR count). The summed E-state index contributed by atoms with van der Waals surface area (Å²) in [5.74, 6) is 0.0172. The summed E-state index contributed by atoms with van der Waals surface area (Å²) in [4.78, 5) is 11.2. The van der Waals surface area contributed by atoms with Gasteiger partial charge in [0.1, 0.15) is 0 Å². The molecule has 4 heteroatoms. The SMILES string of the molecule is COC(C)(C)CNC(=O)CCCCO. The maximum Gasteiger partial charge on any atom is 0.220 e. The molecule has 0 spiro atoms. The van der Waals surface area contributed by atoms with Gasteiger partial charge in [0.05, 0.1) is 5.60 Å². The van der Waals surface area contributed by atoms with E-state index >= 15 is 0 Å². The molecule has 14 heavy (non-hydrogen) atoms. The van der Waals surface area contributed by atoms with Crippen LogP contribution >= 0.6 is 0 Å². The molecule has 0 aromatic rings. The van der Waals surface area contributed by atoms with E-state index in [2.05, 4.69) is 5.32 Å². The van der Waals surface area contributed by atoms with Gasteiger partial charge in [-0.3, -0.25) is 4.79 Å². The van der Waals surface area contributed by atoms with Crippen molar-refractivity contribution in [1.29, 1.82) is 0 Å². The topological polar surface area (TPSA) is 58.6 Å². The van der Waals surface area contributed by atoms with Gasteiger partial charge in [-0.1, -0.05) is 0 Å². The minimum Gasteiger partial charge on any atom is -0.396 e.